The summed E-state index contributed by atoms with van der Waals surface area (Å²) in [6.45, 7) is 0. The van der Waals surface area contributed by atoms with Crippen LogP contribution in [0.15, 0.2) is 90.7 Å². The van der Waals surface area contributed by atoms with E-state index in [-0.39, 0.29) is 32.6 Å². The molecule has 0 aliphatic carbocycles. The minimum absolute atomic E-state index is 0.0348. The van der Waals surface area contributed by atoms with E-state index in [1.165, 1.54) is 37.6 Å². The normalized spacial score (nSPS) is 11.8. The maximum absolute atomic E-state index is 13.6. The van der Waals surface area contributed by atoms with Crippen LogP contribution in [0, 0.1) is 0 Å². The molecule has 3 aromatic heterocycles. The highest BCUT2D eigenvalue weighted by Gasteiger charge is 2.31. The number of pyridine rings is 2. The average molecular weight is 512 g/mol. The molecule has 0 unspecified atom stereocenters. The first-order chi connectivity index (χ1) is 17.2. The summed E-state index contributed by atoms with van der Waals surface area (Å²) >= 11 is 0.872. The number of methoxy groups -OCH3 is 1. The molecule has 0 radical (unpaired) electrons. The molecule has 182 valence electrons. The number of benzene rings is 2. The van der Waals surface area contributed by atoms with E-state index in [1.54, 1.807) is 24.3 Å². The van der Waals surface area contributed by atoms with Crippen molar-refractivity contribution in [2.75, 3.05) is 7.11 Å². The van der Waals surface area contributed by atoms with Gasteiger partial charge in [0.1, 0.15) is 16.0 Å². The first-order valence-electron chi connectivity index (χ1n) is 10.4. The van der Waals surface area contributed by atoms with Crippen molar-refractivity contribution in [3.63, 3.8) is 0 Å². The first-order valence-corrected chi connectivity index (χ1v) is 11.2. The Morgan fingerprint density at radius 3 is 2.50 bits per heavy atom. The fourth-order valence-corrected chi connectivity index (χ4v) is 4.60. The van der Waals surface area contributed by atoms with E-state index < -0.39 is 28.7 Å². The number of aromatic nitrogens is 2. The molecule has 0 bridgehead atoms. The Morgan fingerprint density at radius 1 is 1.06 bits per heavy atom. The van der Waals surface area contributed by atoms with Gasteiger partial charge in [0, 0.05) is 11.1 Å². The highest BCUT2D eigenvalue weighted by atomic mass is 32.2. The zero-order chi connectivity index (χ0) is 25.6. The molecule has 11 heteroatoms. The van der Waals surface area contributed by atoms with Crippen LogP contribution in [-0.2, 0) is 6.18 Å². The summed E-state index contributed by atoms with van der Waals surface area (Å²) in [5, 5.41) is 10.9. The molecule has 0 saturated carbocycles. The molecule has 0 saturated heterocycles. The van der Waals surface area contributed by atoms with Crippen LogP contribution in [0.1, 0.15) is 5.56 Å². The number of halogens is 3. The van der Waals surface area contributed by atoms with Crippen LogP contribution in [0.3, 0.4) is 0 Å². The summed E-state index contributed by atoms with van der Waals surface area (Å²) in [5.74, 6) is -0.0596. The van der Waals surface area contributed by atoms with E-state index in [1.807, 2.05) is 0 Å². The fourth-order valence-electron chi connectivity index (χ4n) is 3.77. The maximum Gasteiger partial charge on any atom is 0.416 e. The maximum atomic E-state index is 13.6. The van der Waals surface area contributed by atoms with E-state index >= 15 is 0 Å². The Morgan fingerprint density at radius 2 is 1.81 bits per heavy atom. The van der Waals surface area contributed by atoms with Gasteiger partial charge < -0.3 is 14.3 Å². The summed E-state index contributed by atoms with van der Waals surface area (Å²) in [5.41, 5.74) is -3.11. The van der Waals surface area contributed by atoms with Gasteiger partial charge in [0.25, 0.3) is 5.56 Å². The predicted molar refractivity (Wildman–Crippen MR) is 127 cm³/mol. The standard InChI is InChI=1S/C25H15F3N2O5S/c1-34-15-7-9-16(10-8-15)36-21-19(31)18-20(35-24(21)33)17-6-3-11-29-22(17)30(23(18)32)14-5-2-4-13(12-14)25(26,27)28/h2-12,31H,1H3. The van der Waals surface area contributed by atoms with Gasteiger partial charge in [-0.25, -0.2) is 9.78 Å². The largest absolute Gasteiger partial charge is 0.505 e. The van der Waals surface area contributed by atoms with Crippen LogP contribution in [-0.4, -0.2) is 21.8 Å². The third-order valence-electron chi connectivity index (χ3n) is 5.43. The molecule has 0 aliphatic rings. The molecule has 0 fully saturated rings. The molecule has 7 nitrogen and oxygen atoms in total. The molecule has 1 N–H and O–H groups in total. The smallest absolute Gasteiger partial charge is 0.416 e. The molecule has 2 aromatic carbocycles. The van der Waals surface area contributed by atoms with Crippen LogP contribution in [0.5, 0.6) is 11.5 Å². The summed E-state index contributed by atoms with van der Waals surface area (Å²) in [6, 6.07) is 13.8. The number of ether oxygens (including phenoxy) is 1. The second-order valence-corrected chi connectivity index (χ2v) is 8.70. The van der Waals surface area contributed by atoms with E-state index in [4.69, 9.17) is 9.15 Å². The first kappa shape index (κ1) is 23.5. The lowest BCUT2D eigenvalue weighted by atomic mass is 10.1. The Balaban J connectivity index is 1.80. The van der Waals surface area contributed by atoms with Crippen molar-refractivity contribution >= 4 is 33.8 Å². The second kappa shape index (κ2) is 8.76. The van der Waals surface area contributed by atoms with Gasteiger partial charge in [0.2, 0.25) is 0 Å². The minimum Gasteiger partial charge on any atom is -0.505 e. The number of nitrogens with zero attached hydrogens (tertiary/aromatic N) is 2. The van der Waals surface area contributed by atoms with Gasteiger partial charge in [0.05, 0.1) is 23.7 Å². The molecular weight excluding hydrogens is 497 g/mol. The van der Waals surface area contributed by atoms with E-state index in [2.05, 4.69) is 4.98 Å². The van der Waals surface area contributed by atoms with Crippen molar-refractivity contribution in [1.82, 2.24) is 9.55 Å². The van der Waals surface area contributed by atoms with Crippen LogP contribution < -0.4 is 15.9 Å². The number of rotatable bonds is 4. The van der Waals surface area contributed by atoms with Crippen LogP contribution in [0.4, 0.5) is 13.2 Å². The molecule has 0 amide bonds. The summed E-state index contributed by atoms with van der Waals surface area (Å²) in [6.07, 6.45) is -3.29. The number of aromatic hydroxyl groups is 1. The van der Waals surface area contributed by atoms with Crippen LogP contribution in [0.2, 0.25) is 0 Å². The van der Waals surface area contributed by atoms with E-state index in [9.17, 15) is 27.9 Å². The topological polar surface area (TPSA) is 94.6 Å². The van der Waals surface area contributed by atoms with Gasteiger partial charge in [-0.05, 0) is 54.6 Å². The van der Waals surface area contributed by atoms with Crippen LogP contribution >= 0.6 is 11.8 Å². The lowest BCUT2D eigenvalue weighted by molar-refractivity contribution is -0.137. The monoisotopic (exact) mass is 512 g/mol. The fraction of sp³-hybridized carbons (Fsp3) is 0.0800. The lowest BCUT2D eigenvalue weighted by Crippen LogP contribution is -2.22. The van der Waals surface area contributed by atoms with Crippen molar-refractivity contribution in [2.24, 2.45) is 0 Å². The van der Waals surface area contributed by atoms with Gasteiger partial charge in [-0.2, -0.15) is 13.2 Å². The number of hydrogen-bond donors (Lipinski definition) is 1. The zero-order valence-corrected chi connectivity index (χ0v) is 19.2. The molecule has 5 rings (SSSR count). The molecule has 0 atom stereocenters. The van der Waals surface area contributed by atoms with Gasteiger partial charge >= 0.3 is 11.8 Å². The Hall–Kier alpha value is -4.25. The zero-order valence-electron chi connectivity index (χ0n) is 18.4. The lowest BCUT2D eigenvalue weighted by Gasteiger charge is -2.14. The van der Waals surface area contributed by atoms with Crippen molar-refractivity contribution in [2.45, 2.75) is 16.0 Å². The van der Waals surface area contributed by atoms with Crippen molar-refractivity contribution in [3.8, 4) is 17.2 Å². The second-order valence-electron chi connectivity index (χ2n) is 7.61. The van der Waals surface area contributed by atoms with Crippen molar-refractivity contribution in [3.05, 3.63) is 93.2 Å². The van der Waals surface area contributed by atoms with E-state index in [0.717, 1.165) is 28.5 Å². The average Bonchev–Trinajstić information content (AvgIpc) is 2.86. The van der Waals surface area contributed by atoms with Gasteiger partial charge in [-0.1, -0.05) is 17.8 Å². The molecule has 0 spiro atoms. The van der Waals surface area contributed by atoms with Crippen molar-refractivity contribution < 1.29 is 27.4 Å². The highest BCUT2D eigenvalue weighted by molar-refractivity contribution is 7.99. The molecule has 3 heterocycles. The number of hydrogen-bond acceptors (Lipinski definition) is 7. The SMILES string of the molecule is COc1ccc(Sc2c(O)c3c(=O)n(-c4cccc(C(F)(F)F)c4)c4ncccc4c3oc2=O)cc1. The van der Waals surface area contributed by atoms with Gasteiger partial charge in [0.15, 0.2) is 17.0 Å². The Labute approximate surface area is 204 Å². The Kier molecular flexibility index (Phi) is 5.71. The highest BCUT2D eigenvalue weighted by Crippen LogP contribution is 2.38. The number of alkyl halides is 3. The predicted octanol–water partition coefficient (Wildman–Crippen LogP) is 5.38. The quantitative estimate of drug-likeness (QED) is 0.323. The molecule has 0 aliphatic heterocycles. The van der Waals surface area contributed by atoms with Crippen LogP contribution in [0.25, 0.3) is 27.7 Å². The number of fused-ring (bicyclic) bond motifs is 3. The summed E-state index contributed by atoms with van der Waals surface area (Å²) < 4.78 is 51.6. The molecule has 36 heavy (non-hydrogen) atoms. The van der Waals surface area contributed by atoms with Gasteiger partial charge in [-0.3, -0.25) is 9.36 Å². The van der Waals surface area contributed by atoms with Crippen molar-refractivity contribution in [1.29, 1.82) is 0 Å². The third kappa shape index (κ3) is 3.97. The molecular formula is C25H15F3N2O5S. The molecule has 5 aromatic rings. The van der Waals surface area contributed by atoms with Gasteiger partial charge in [-0.15, -0.1) is 0 Å². The van der Waals surface area contributed by atoms with E-state index in [0.29, 0.717) is 10.6 Å². The Bertz CT molecular complexity index is 1740. The third-order valence-corrected chi connectivity index (χ3v) is 6.50. The summed E-state index contributed by atoms with van der Waals surface area (Å²) in [4.78, 5) is 30.9. The minimum atomic E-state index is -4.64. The summed E-state index contributed by atoms with van der Waals surface area (Å²) in [7, 11) is 1.50.